The van der Waals surface area contributed by atoms with Gasteiger partial charge in [0, 0.05) is 18.0 Å². The first-order chi connectivity index (χ1) is 8.57. The minimum atomic E-state index is -1.16. The van der Waals surface area contributed by atoms with Gasteiger partial charge in [-0.15, -0.1) is 0 Å². The van der Waals surface area contributed by atoms with Crippen LogP contribution in [0.25, 0.3) is 10.4 Å². The number of carboxylic acids is 1. The summed E-state index contributed by atoms with van der Waals surface area (Å²) in [5.41, 5.74) is 13.1. The topological polar surface area (TPSA) is 160 Å². The summed E-state index contributed by atoms with van der Waals surface area (Å²) in [5.74, 6) is -1.16. The highest BCUT2D eigenvalue weighted by Crippen LogP contribution is 1.84. The van der Waals surface area contributed by atoms with Gasteiger partial charge in [0.25, 0.3) is 0 Å². The first kappa shape index (κ1) is 16.0. The number of aliphatic carboxylic acids is 1. The van der Waals surface area contributed by atoms with E-state index in [1.165, 1.54) is 0 Å². The van der Waals surface area contributed by atoms with Gasteiger partial charge in [0.15, 0.2) is 0 Å². The van der Waals surface area contributed by atoms with E-state index in [1.807, 2.05) is 0 Å². The first-order valence-electron chi connectivity index (χ1n) is 5.05. The average Bonchev–Trinajstić information content (AvgIpc) is 2.33. The van der Waals surface area contributed by atoms with Crippen molar-refractivity contribution in [3.8, 4) is 0 Å². The molecule has 0 aromatic carbocycles. The zero-order chi connectivity index (χ0) is 13.8. The van der Waals surface area contributed by atoms with E-state index >= 15 is 0 Å². The summed E-state index contributed by atoms with van der Waals surface area (Å²) in [6, 6.07) is -1.09. The Hall–Kier alpha value is -2.03. The third-order valence-electron chi connectivity index (χ3n) is 1.62. The SMILES string of the molecule is [N-]=[N+]=NCCNC(=O)OCCOC[C@H](N)C(=O)O. The number of ether oxygens (including phenoxy) is 2. The van der Waals surface area contributed by atoms with Gasteiger partial charge in [-0.1, -0.05) is 5.11 Å². The molecular weight excluding hydrogens is 246 g/mol. The molecule has 0 saturated heterocycles. The fourth-order valence-corrected chi connectivity index (χ4v) is 0.779. The Bertz CT molecular complexity index is 317. The van der Waals surface area contributed by atoms with E-state index in [9.17, 15) is 9.59 Å². The molecule has 0 bridgehead atoms. The van der Waals surface area contributed by atoms with E-state index in [0.717, 1.165) is 0 Å². The van der Waals surface area contributed by atoms with Gasteiger partial charge in [-0.3, -0.25) is 4.79 Å². The number of carboxylic acid groups (broad SMARTS) is 1. The second-order valence-electron chi connectivity index (χ2n) is 3.04. The smallest absolute Gasteiger partial charge is 0.407 e. The summed E-state index contributed by atoms with van der Waals surface area (Å²) < 4.78 is 9.54. The fourth-order valence-electron chi connectivity index (χ4n) is 0.779. The molecule has 0 spiro atoms. The maximum absolute atomic E-state index is 11.0. The molecule has 0 unspecified atom stereocenters. The Morgan fingerprint density at radius 2 is 2.22 bits per heavy atom. The van der Waals surface area contributed by atoms with E-state index in [0.29, 0.717) is 0 Å². The molecule has 102 valence electrons. The lowest BCUT2D eigenvalue weighted by molar-refractivity contribution is -0.140. The number of azide groups is 1. The van der Waals surface area contributed by atoms with Gasteiger partial charge in [0.2, 0.25) is 0 Å². The Labute approximate surface area is 103 Å². The third-order valence-corrected chi connectivity index (χ3v) is 1.62. The second kappa shape index (κ2) is 10.1. The van der Waals surface area contributed by atoms with Crippen molar-refractivity contribution >= 4 is 12.1 Å². The van der Waals surface area contributed by atoms with Gasteiger partial charge in [-0.05, 0) is 5.53 Å². The van der Waals surface area contributed by atoms with Gasteiger partial charge < -0.3 is 25.6 Å². The molecule has 0 radical (unpaired) electrons. The van der Waals surface area contributed by atoms with E-state index in [2.05, 4.69) is 20.1 Å². The number of nitrogens with two attached hydrogens (primary N) is 1. The Kier molecular flexibility index (Phi) is 9.00. The molecule has 10 heteroatoms. The quantitative estimate of drug-likeness (QED) is 0.218. The lowest BCUT2D eigenvalue weighted by atomic mass is 10.3. The standard InChI is InChI=1S/C8H15N5O5/c9-6(7(14)15)5-17-3-4-18-8(16)11-1-2-12-13-10/h6H,1-5,9H2,(H,11,16)(H,14,15)/t6-/m0/s1. The van der Waals surface area contributed by atoms with Crippen LogP contribution in [0.3, 0.4) is 0 Å². The summed E-state index contributed by atoms with van der Waals surface area (Å²) in [5, 5.41) is 14.0. The van der Waals surface area contributed by atoms with Crippen LogP contribution >= 0.6 is 0 Å². The second-order valence-corrected chi connectivity index (χ2v) is 3.04. The molecule has 4 N–H and O–H groups in total. The maximum Gasteiger partial charge on any atom is 0.407 e. The third kappa shape index (κ3) is 9.21. The highest BCUT2D eigenvalue weighted by Gasteiger charge is 2.10. The van der Waals surface area contributed by atoms with Crippen LogP contribution in [0.15, 0.2) is 5.11 Å². The molecule has 1 amide bonds. The molecule has 0 fully saturated rings. The number of nitrogens with zero attached hydrogens (tertiary/aromatic N) is 3. The number of alkyl carbamates (subject to hydrolysis) is 1. The van der Waals surface area contributed by atoms with Crippen LogP contribution in [-0.4, -0.2) is 56.1 Å². The van der Waals surface area contributed by atoms with Crippen LogP contribution in [0.2, 0.25) is 0 Å². The Balaban J connectivity index is 3.40. The number of hydrogen-bond donors (Lipinski definition) is 3. The number of nitrogens with one attached hydrogen (secondary N) is 1. The zero-order valence-electron chi connectivity index (χ0n) is 9.61. The maximum atomic E-state index is 11.0. The molecule has 0 saturated carbocycles. The fraction of sp³-hybridized carbons (Fsp3) is 0.750. The predicted octanol–water partition coefficient (Wildman–Crippen LogP) is -0.549. The molecule has 0 aliphatic carbocycles. The molecule has 0 aromatic rings. The van der Waals surface area contributed by atoms with Crippen LogP contribution in [0.4, 0.5) is 4.79 Å². The van der Waals surface area contributed by atoms with Crippen LogP contribution in [0.1, 0.15) is 0 Å². The number of hydrogen-bond acceptors (Lipinski definition) is 6. The molecule has 1 atom stereocenters. The summed E-state index contributed by atoms with van der Waals surface area (Å²) in [6.07, 6.45) is -0.672. The number of rotatable bonds is 9. The number of amides is 1. The highest BCUT2D eigenvalue weighted by molar-refractivity contribution is 5.73. The largest absolute Gasteiger partial charge is 0.480 e. The van der Waals surface area contributed by atoms with Crippen molar-refractivity contribution in [3.05, 3.63) is 10.4 Å². The van der Waals surface area contributed by atoms with Crippen molar-refractivity contribution in [3.63, 3.8) is 0 Å². The van der Waals surface area contributed by atoms with Crippen molar-refractivity contribution in [1.82, 2.24) is 5.32 Å². The molecule has 10 nitrogen and oxygen atoms in total. The van der Waals surface area contributed by atoms with Gasteiger partial charge in [0.1, 0.15) is 12.6 Å². The molecule has 0 heterocycles. The van der Waals surface area contributed by atoms with E-state index in [1.54, 1.807) is 0 Å². The van der Waals surface area contributed by atoms with Gasteiger partial charge in [-0.2, -0.15) is 0 Å². The van der Waals surface area contributed by atoms with Crippen LogP contribution < -0.4 is 11.1 Å². The first-order valence-corrected chi connectivity index (χ1v) is 5.05. The van der Waals surface area contributed by atoms with Gasteiger partial charge in [-0.25, -0.2) is 4.79 Å². The van der Waals surface area contributed by atoms with E-state index < -0.39 is 18.1 Å². The summed E-state index contributed by atoms with van der Waals surface area (Å²) in [6.45, 7) is 0.171. The van der Waals surface area contributed by atoms with Crippen molar-refractivity contribution in [2.75, 3.05) is 32.9 Å². The van der Waals surface area contributed by atoms with Crippen molar-refractivity contribution in [2.24, 2.45) is 10.8 Å². The molecule has 0 aliphatic heterocycles. The summed E-state index contributed by atoms with van der Waals surface area (Å²) in [4.78, 5) is 23.8. The molecule has 0 aliphatic rings. The average molecular weight is 261 g/mol. The minimum absolute atomic E-state index is 0.0281. The number of carbonyl (C=O) groups excluding carboxylic acids is 1. The van der Waals surface area contributed by atoms with Crippen LogP contribution in [0, 0.1) is 0 Å². The lowest BCUT2D eigenvalue weighted by Crippen LogP contribution is -2.35. The van der Waals surface area contributed by atoms with Crippen molar-refractivity contribution in [1.29, 1.82) is 0 Å². The molecular formula is C8H15N5O5. The molecule has 0 rings (SSSR count). The van der Waals surface area contributed by atoms with E-state index in [-0.39, 0.29) is 32.9 Å². The van der Waals surface area contributed by atoms with Crippen molar-refractivity contribution < 1.29 is 24.2 Å². The lowest BCUT2D eigenvalue weighted by Gasteiger charge is -2.08. The monoisotopic (exact) mass is 261 g/mol. The highest BCUT2D eigenvalue weighted by atomic mass is 16.6. The van der Waals surface area contributed by atoms with Gasteiger partial charge >= 0.3 is 12.1 Å². The zero-order valence-corrected chi connectivity index (χ0v) is 9.61. The Morgan fingerprint density at radius 3 is 2.83 bits per heavy atom. The van der Waals surface area contributed by atoms with Crippen LogP contribution in [-0.2, 0) is 14.3 Å². The summed E-state index contributed by atoms with van der Waals surface area (Å²) in [7, 11) is 0. The van der Waals surface area contributed by atoms with E-state index in [4.69, 9.17) is 21.1 Å². The van der Waals surface area contributed by atoms with Crippen molar-refractivity contribution in [2.45, 2.75) is 6.04 Å². The predicted molar refractivity (Wildman–Crippen MR) is 59.8 cm³/mol. The molecule has 18 heavy (non-hydrogen) atoms. The minimum Gasteiger partial charge on any atom is -0.480 e. The normalized spacial score (nSPS) is 11.2. The number of carbonyl (C=O) groups is 2. The Morgan fingerprint density at radius 1 is 1.50 bits per heavy atom. The molecule has 0 aromatic heterocycles. The van der Waals surface area contributed by atoms with Gasteiger partial charge in [0.05, 0.1) is 13.2 Å². The summed E-state index contributed by atoms with van der Waals surface area (Å²) >= 11 is 0. The van der Waals surface area contributed by atoms with Crippen LogP contribution in [0.5, 0.6) is 0 Å².